The molecule has 0 atom stereocenters. The Morgan fingerprint density at radius 1 is 1.14 bits per heavy atom. The van der Waals surface area contributed by atoms with Gasteiger partial charge < -0.3 is 10.1 Å². The maximum absolute atomic E-state index is 5.49. The van der Waals surface area contributed by atoms with E-state index in [4.69, 9.17) is 4.74 Å². The minimum Gasteiger partial charge on any atom is -0.496 e. The molecule has 1 fully saturated rings. The molecule has 0 spiro atoms. The van der Waals surface area contributed by atoms with Crippen LogP contribution in [0.1, 0.15) is 19.4 Å². The molecular weight excluding hydrogens is 260 g/mol. The standard InChI is InChI=1S/C18H24N2O/c1-18(2)13-19-10-11-20(18)12-14-8-9-17(21-3)16-7-5-4-6-15(14)16/h4-9,19H,10-13H2,1-3H3. The molecule has 1 saturated heterocycles. The average molecular weight is 284 g/mol. The highest BCUT2D eigenvalue weighted by Crippen LogP contribution is 2.30. The van der Waals surface area contributed by atoms with Crippen LogP contribution in [-0.4, -0.2) is 37.2 Å². The summed E-state index contributed by atoms with van der Waals surface area (Å²) >= 11 is 0. The SMILES string of the molecule is COc1ccc(CN2CCNCC2(C)C)c2ccccc12. The lowest BCUT2D eigenvalue weighted by atomic mass is 9.97. The number of hydrogen-bond acceptors (Lipinski definition) is 3. The van der Waals surface area contributed by atoms with Gasteiger partial charge in [0.15, 0.2) is 0 Å². The van der Waals surface area contributed by atoms with Gasteiger partial charge in [0.2, 0.25) is 0 Å². The van der Waals surface area contributed by atoms with Crippen LogP contribution in [0.15, 0.2) is 36.4 Å². The van der Waals surface area contributed by atoms with Crippen LogP contribution in [0, 0.1) is 0 Å². The molecule has 0 aliphatic carbocycles. The minimum atomic E-state index is 0.194. The maximum Gasteiger partial charge on any atom is 0.126 e. The molecule has 0 radical (unpaired) electrons. The summed E-state index contributed by atoms with van der Waals surface area (Å²) in [5.74, 6) is 0.953. The number of hydrogen-bond donors (Lipinski definition) is 1. The summed E-state index contributed by atoms with van der Waals surface area (Å²) in [6, 6.07) is 12.8. The molecule has 112 valence electrons. The molecule has 3 heteroatoms. The molecule has 3 nitrogen and oxygen atoms in total. The van der Waals surface area contributed by atoms with E-state index < -0.39 is 0 Å². The van der Waals surface area contributed by atoms with Crippen molar-refractivity contribution >= 4 is 10.8 Å². The van der Waals surface area contributed by atoms with Crippen molar-refractivity contribution in [2.24, 2.45) is 0 Å². The molecule has 0 bridgehead atoms. The molecule has 0 saturated carbocycles. The third-order valence-electron chi connectivity index (χ3n) is 4.53. The summed E-state index contributed by atoms with van der Waals surface area (Å²) in [6.07, 6.45) is 0. The molecule has 2 aromatic rings. The zero-order chi connectivity index (χ0) is 14.9. The molecule has 0 aromatic heterocycles. The van der Waals surface area contributed by atoms with Crippen molar-refractivity contribution in [3.05, 3.63) is 42.0 Å². The Balaban J connectivity index is 1.97. The van der Waals surface area contributed by atoms with E-state index in [2.05, 4.69) is 60.5 Å². The van der Waals surface area contributed by atoms with E-state index in [1.165, 1.54) is 16.3 Å². The maximum atomic E-state index is 5.49. The first-order valence-corrected chi connectivity index (χ1v) is 7.62. The van der Waals surface area contributed by atoms with E-state index >= 15 is 0 Å². The van der Waals surface area contributed by atoms with E-state index in [9.17, 15) is 0 Å². The highest BCUT2D eigenvalue weighted by molar-refractivity contribution is 5.91. The van der Waals surface area contributed by atoms with Gasteiger partial charge in [-0.15, -0.1) is 0 Å². The summed E-state index contributed by atoms with van der Waals surface area (Å²) in [7, 11) is 1.74. The molecule has 21 heavy (non-hydrogen) atoms. The van der Waals surface area contributed by atoms with Crippen LogP contribution in [-0.2, 0) is 6.54 Å². The lowest BCUT2D eigenvalue weighted by Crippen LogP contribution is -2.57. The molecule has 1 heterocycles. The molecule has 2 aromatic carbocycles. The van der Waals surface area contributed by atoms with Crippen LogP contribution in [0.5, 0.6) is 5.75 Å². The van der Waals surface area contributed by atoms with Crippen LogP contribution in [0.4, 0.5) is 0 Å². The zero-order valence-electron chi connectivity index (χ0n) is 13.1. The van der Waals surface area contributed by atoms with Gasteiger partial charge in [0.05, 0.1) is 7.11 Å². The zero-order valence-corrected chi connectivity index (χ0v) is 13.1. The van der Waals surface area contributed by atoms with Crippen molar-refractivity contribution in [3.8, 4) is 5.75 Å². The molecule has 0 unspecified atom stereocenters. The van der Waals surface area contributed by atoms with E-state index in [1.807, 2.05) is 0 Å². The Kier molecular flexibility index (Phi) is 3.87. The second kappa shape index (κ2) is 5.66. The quantitative estimate of drug-likeness (QED) is 0.937. The normalized spacial score (nSPS) is 18.8. The predicted molar refractivity (Wildman–Crippen MR) is 87.9 cm³/mol. The number of benzene rings is 2. The lowest BCUT2D eigenvalue weighted by Gasteiger charge is -2.43. The fraction of sp³-hybridized carbons (Fsp3) is 0.444. The van der Waals surface area contributed by atoms with Crippen molar-refractivity contribution in [2.45, 2.75) is 25.9 Å². The second-order valence-electron chi connectivity index (χ2n) is 6.38. The third kappa shape index (κ3) is 2.76. The first-order valence-electron chi connectivity index (χ1n) is 7.62. The van der Waals surface area contributed by atoms with Gasteiger partial charge in [-0.25, -0.2) is 0 Å². The summed E-state index contributed by atoms with van der Waals surface area (Å²) in [6.45, 7) is 8.81. The number of rotatable bonds is 3. The monoisotopic (exact) mass is 284 g/mol. The van der Waals surface area contributed by atoms with Crippen LogP contribution in [0.3, 0.4) is 0 Å². The Hall–Kier alpha value is -1.58. The van der Waals surface area contributed by atoms with Crippen LogP contribution in [0.2, 0.25) is 0 Å². The smallest absolute Gasteiger partial charge is 0.126 e. The van der Waals surface area contributed by atoms with Crippen molar-refractivity contribution in [2.75, 3.05) is 26.7 Å². The molecule has 1 N–H and O–H groups in total. The van der Waals surface area contributed by atoms with Crippen LogP contribution >= 0.6 is 0 Å². The number of fused-ring (bicyclic) bond motifs is 1. The largest absolute Gasteiger partial charge is 0.496 e. The van der Waals surface area contributed by atoms with E-state index in [0.717, 1.165) is 31.9 Å². The first kappa shape index (κ1) is 14.4. The third-order valence-corrected chi connectivity index (χ3v) is 4.53. The molecular formula is C18H24N2O. The molecule has 3 rings (SSSR count). The average Bonchev–Trinajstić information content (AvgIpc) is 2.49. The number of ether oxygens (including phenoxy) is 1. The van der Waals surface area contributed by atoms with Gasteiger partial charge >= 0.3 is 0 Å². The highest BCUT2D eigenvalue weighted by Gasteiger charge is 2.29. The highest BCUT2D eigenvalue weighted by atomic mass is 16.5. The lowest BCUT2D eigenvalue weighted by molar-refractivity contribution is 0.0832. The van der Waals surface area contributed by atoms with Crippen molar-refractivity contribution < 1.29 is 4.74 Å². The summed E-state index contributed by atoms with van der Waals surface area (Å²) in [5, 5.41) is 5.98. The van der Waals surface area contributed by atoms with E-state index in [1.54, 1.807) is 7.11 Å². The van der Waals surface area contributed by atoms with Gasteiger partial charge in [0.25, 0.3) is 0 Å². The van der Waals surface area contributed by atoms with Gasteiger partial charge in [-0.2, -0.15) is 0 Å². The van der Waals surface area contributed by atoms with Crippen molar-refractivity contribution in [1.29, 1.82) is 0 Å². The van der Waals surface area contributed by atoms with Gasteiger partial charge in [0.1, 0.15) is 5.75 Å². The molecule has 1 aliphatic rings. The molecule has 1 aliphatic heterocycles. The summed E-state index contributed by atoms with van der Waals surface area (Å²) in [5.41, 5.74) is 1.57. The van der Waals surface area contributed by atoms with E-state index in [-0.39, 0.29) is 5.54 Å². The van der Waals surface area contributed by atoms with Gasteiger partial charge in [-0.1, -0.05) is 30.3 Å². The Morgan fingerprint density at radius 3 is 2.62 bits per heavy atom. The Morgan fingerprint density at radius 2 is 1.90 bits per heavy atom. The van der Waals surface area contributed by atoms with Gasteiger partial charge in [-0.05, 0) is 30.9 Å². The van der Waals surface area contributed by atoms with Crippen molar-refractivity contribution in [1.82, 2.24) is 10.2 Å². The second-order valence-corrected chi connectivity index (χ2v) is 6.38. The number of methoxy groups -OCH3 is 1. The number of nitrogens with one attached hydrogen (secondary N) is 1. The molecule has 0 amide bonds. The fourth-order valence-electron chi connectivity index (χ4n) is 3.17. The number of nitrogens with zero attached hydrogens (tertiary/aromatic N) is 1. The Labute approximate surface area is 126 Å². The predicted octanol–water partition coefficient (Wildman–Crippen LogP) is 3.03. The Bertz CT molecular complexity index is 636. The first-order chi connectivity index (χ1) is 10.1. The van der Waals surface area contributed by atoms with Gasteiger partial charge in [0, 0.05) is 37.1 Å². The minimum absolute atomic E-state index is 0.194. The topological polar surface area (TPSA) is 24.5 Å². The number of piperazine rings is 1. The fourth-order valence-corrected chi connectivity index (χ4v) is 3.17. The summed E-state index contributed by atoms with van der Waals surface area (Å²) in [4.78, 5) is 2.57. The van der Waals surface area contributed by atoms with Crippen molar-refractivity contribution in [3.63, 3.8) is 0 Å². The van der Waals surface area contributed by atoms with Crippen LogP contribution < -0.4 is 10.1 Å². The van der Waals surface area contributed by atoms with E-state index in [0.29, 0.717) is 0 Å². The van der Waals surface area contributed by atoms with Gasteiger partial charge in [-0.3, -0.25) is 4.90 Å². The van der Waals surface area contributed by atoms with Crippen LogP contribution in [0.25, 0.3) is 10.8 Å². The summed E-state index contributed by atoms with van der Waals surface area (Å²) < 4.78 is 5.49.